The van der Waals surface area contributed by atoms with Crippen molar-refractivity contribution in [1.82, 2.24) is 20.0 Å². The van der Waals surface area contributed by atoms with Crippen molar-refractivity contribution >= 4 is 11.7 Å². The molecule has 2 rings (SSSR count). The van der Waals surface area contributed by atoms with Crippen LogP contribution in [0.3, 0.4) is 0 Å². The van der Waals surface area contributed by atoms with Crippen LogP contribution in [0.1, 0.15) is 39.8 Å². The molecule has 1 unspecified atom stereocenters. The van der Waals surface area contributed by atoms with Crippen LogP contribution in [-0.4, -0.2) is 33.7 Å². The summed E-state index contributed by atoms with van der Waals surface area (Å²) in [5.74, 6) is 0. The van der Waals surface area contributed by atoms with E-state index in [0.717, 1.165) is 17.8 Å². The molecular weight excluding hydrogens is 292 g/mol. The van der Waals surface area contributed by atoms with Gasteiger partial charge in [-0.1, -0.05) is 13.0 Å². The molecule has 0 aliphatic rings. The average Bonchev–Trinajstić information content (AvgIpc) is 2.86. The minimum atomic E-state index is -0.480. The third kappa shape index (κ3) is 5.56. The van der Waals surface area contributed by atoms with E-state index in [1.54, 1.807) is 0 Å². The first kappa shape index (κ1) is 17.3. The van der Waals surface area contributed by atoms with Crippen molar-refractivity contribution in [3.63, 3.8) is 0 Å². The van der Waals surface area contributed by atoms with E-state index < -0.39 is 5.60 Å². The molecule has 0 saturated heterocycles. The number of ether oxygens (including phenoxy) is 1. The van der Waals surface area contributed by atoms with Gasteiger partial charge in [0.05, 0.1) is 5.69 Å². The first-order chi connectivity index (χ1) is 10.9. The van der Waals surface area contributed by atoms with E-state index in [2.05, 4.69) is 15.6 Å². The van der Waals surface area contributed by atoms with Gasteiger partial charge in [-0.25, -0.2) is 9.78 Å². The third-order valence-corrected chi connectivity index (χ3v) is 3.32. The van der Waals surface area contributed by atoms with Crippen LogP contribution in [0.2, 0.25) is 0 Å². The van der Waals surface area contributed by atoms with Crippen molar-refractivity contribution < 1.29 is 9.53 Å². The molecule has 0 aromatic carbocycles. The van der Waals surface area contributed by atoms with E-state index >= 15 is 0 Å². The molecule has 2 N–H and O–H groups in total. The van der Waals surface area contributed by atoms with Crippen molar-refractivity contribution in [2.75, 3.05) is 6.54 Å². The lowest BCUT2D eigenvalue weighted by atomic mass is 10.2. The fraction of sp³-hybridized carbons (Fsp3) is 0.529. The summed E-state index contributed by atoms with van der Waals surface area (Å²) in [5.41, 5.74) is 1.43. The number of nitrogens with one attached hydrogen (secondary N) is 2. The van der Waals surface area contributed by atoms with E-state index in [1.807, 2.05) is 62.7 Å². The molecule has 0 spiro atoms. The fourth-order valence-corrected chi connectivity index (χ4v) is 2.22. The second-order valence-electron chi connectivity index (χ2n) is 6.58. The van der Waals surface area contributed by atoms with Gasteiger partial charge in [0.2, 0.25) is 0 Å². The molecule has 6 heteroatoms. The Hall–Kier alpha value is -2.08. The van der Waals surface area contributed by atoms with E-state index in [0.29, 0.717) is 13.1 Å². The number of alkyl carbamates (subject to hydrolysis) is 1. The van der Waals surface area contributed by atoms with Gasteiger partial charge >= 0.3 is 6.09 Å². The number of amides is 1. The summed E-state index contributed by atoms with van der Waals surface area (Å²) in [6.07, 6.45) is 4.44. The highest BCUT2D eigenvalue weighted by molar-refractivity contribution is 5.68. The lowest BCUT2D eigenvalue weighted by molar-refractivity contribution is 0.0502. The zero-order valence-corrected chi connectivity index (χ0v) is 14.3. The van der Waals surface area contributed by atoms with E-state index in [4.69, 9.17) is 4.74 Å². The number of carbonyl (C=O) groups is 1. The maximum Gasteiger partial charge on any atom is 0.407 e. The number of nitrogens with zero attached hydrogens (tertiary/aromatic N) is 2. The summed E-state index contributed by atoms with van der Waals surface area (Å²) in [6, 6.07) is 5.95. The molecule has 2 aromatic rings. The predicted molar refractivity (Wildman–Crippen MR) is 90.3 cm³/mol. The van der Waals surface area contributed by atoms with Crippen LogP contribution >= 0.6 is 0 Å². The summed E-state index contributed by atoms with van der Waals surface area (Å²) in [7, 11) is 0. The van der Waals surface area contributed by atoms with Crippen LogP contribution in [0, 0.1) is 0 Å². The van der Waals surface area contributed by atoms with E-state index in [9.17, 15) is 4.79 Å². The van der Waals surface area contributed by atoms with Crippen molar-refractivity contribution in [2.24, 2.45) is 0 Å². The summed E-state index contributed by atoms with van der Waals surface area (Å²) >= 11 is 0. The molecule has 1 atom stereocenters. The fourth-order valence-electron chi connectivity index (χ4n) is 2.22. The second-order valence-corrected chi connectivity index (χ2v) is 6.58. The molecule has 2 heterocycles. The number of pyridine rings is 1. The molecule has 0 fully saturated rings. The van der Waals surface area contributed by atoms with Gasteiger partial charge in [0.15, 0.2) is 0 Å². The Labute approximate surface area is 137 Å². The lowest BCUT2D eigenvalue weighted by Crippen LogP contribution is -2.43. The van der Waals surface area contributed by atoms with Crippen LogP contribution < -0.4 is 10.6 Å². The Bertz CT molecular complexity index is 612. The Kier molecular flexibility index (Phi) is 5.60. The SMILES string of the molecule is CCC(CNCc1cn2ccccc2n1)NC(=O)OC(C)(C)C. The van der Waals surface area contributed by atoms with Gasteiger partial charge in [0, 0.05) is 31.5 Å². The highest BCUT2D eigenvalue weighted by atomic mass is 16.6. The minimum absolute atomic E-state index is 0.0295. The molecule has 0 saturated carbocycles. The molecule has 0 aliphatic carbocycles. The largest absolute Gasteiger partial charge is 0.444 e. The summed E-state index contributed by atoms with van der Waals surface area (Å²) in [4.78, 5) is 16.3. The van der Waals surface area contributed by atoms with Crippen LogP contribution in [0.5, 0.6) is 0 Å². The molecule has 6 nitrogen and oxygen atoms in total. The standard InChI is InChI=1S/C17H26N4O2/c1-5-13(20-16(22)23-17(2,3)4)10-18-11-14-12-21-9-7-6-8-15(21)19-14/h6-9,12-13,18H,5,10-11H2,1-4H3,(H,20,22). The second kappa shape index (κ2) is 7.46. The molecule has 0 radical (unpaired) electrons. The van der Waals surface area contributed by atoms with Gasteiger partial charge in [-0.2, -0.15) is 0 Å². The summed E-state index contributed by atoms with van der Waals surface area (Å²) in [6.45, 7) is 8.94. The van der Waals surface area contributed by atoms with E-state index in [-0.39, 0.29) is 12.1 Å². The average molecular weight is 318 g/mol. The molecule has 1 amide bonds. The number of carbonyl (C=O) groups excluding carboxylic acids is 1. The van der Waals surface area contributed by atoms with Gasteiger partial charge < -0.3 is 19.8 Å². The summed E-state index contributed by atoms with van der Waals surface area (Å²) in [5, 5.41) is 6.22. The van der Waals surface area contributed by atoms with Crippen LogP contribution in [0.25, 0.3) is 5.65 Å². The Morgan fingerprint density at radius 2 is 2.17 bits per heavy atom. The normalized spacial score (nSPS) is 13.0. The van der Waals surface area contributed by atoms with E-state index in [1.165, 1.54) is 0 Å². The van der Waals surface area contributed by atoms with Gasteiger partial charge in [-0.15, -0.1) is 0 Å². The topological polar surface area (TPSA) is 67.7 Å². The molecule has 0 bridgehead atoms. The van der Waals surface area contributed by atoms with Gasteiger partial charge in [-0.3, -0.25) is 0 Å². The summed E-state index contributed by atoms with van der Waals surface area (Å²) < 4.78 is 7.27. The first-order valence-electron chi connectivity index (χ1n) is 8.00. The Balaban J connectivity index is 1.80. The highest BCUT2D eigenvalue weighted by Crippen LogP contribution is 2.07. The van der Waals surface area contributed by atoms with Crippen molar-refractivity contribution in [3.8, 4) is 0 Å². The van der Waals surface area contributed by atoms with Crippen molar-refractivity contribution in [3.05, 3.63) is 36.3 Å². The number of hydrogen-bond acceptors (Lipinski definition) is 4. The maximum atomic E-state index is 11.8. The number of aromatic nitrogens is 2. The Morgan fingerprint density at radius 1 is 1.39 bits per heavy atom. The van der Waals surface area contributed by atoms with Crippen molar-refractivity contribution in [2.45, 2.75) is 52.3 Å². The highest BCUT2D eigenvalue weighted by Gasteiger charge is 2.18. The van der Waals surface area contributed by atoms with Crippen LogP contribution in [0.4, 0.5) is 4.79 Å². The van der Waals surface area contributed by atoms with Crippen LogP contribution in [-0.2, 0) is 11.3 Å². The Morgan fingerprint density at radius 3 is 2.83 bits per heavy atom. The van der Waals surface area contributed by atoms with Gasteiger partial charge in [-0.05, 0) is 39.3 Å². The monoisotopic (exact) mass is 318 g/mol. The zero-order chi connectivity index (χ0) is 16.9. The van der Waals surface area contributed by atoms with Crippen LogP contribution in [0.15, 0.2) is 30.6 Å². The molecule has 0 aliphatic heterocycles. The molecular formula is C17H26N4O2. The van der Waals surface area contributed by atoms with Gasteiger partial charge in [0.1, 0.15) is 11.2 Å². The molecule has 126 valence electrons. The predicted octanol–water partition coefficient (Wildman–Crippen LogP) is 2.73. The zero-order valence-electron chi connectivity index (χ0n) is 14.3. The first-order valence-corrected chi connectivity index (χ1v) is 8.00. The number of fused-ring (bicyclic) bond motifs is 1. The molecule has 2 aromatic heterocycles. The smallest absolute Gasteiger partial charge is 0.407 e. The van der Waals surface area contributed by atoms with Gasteiger partial charge in [0.25, 0.3) is 0 Å². The number of rotatable bonds is 6. The number of hydrogen-bond donors (Lipinski definition) is 2. The third-order valence-electron chi connectivity index (χ3n) is 3.32. The lowest BCUT2D eigenvalue weighted by Gasteiger charge is -2.23. The van der Waals surface area contributed by atoms with Crippen molar-refractivity contribution in [1.29, 1.82) is 0 Å². The minimum Gasteiger partial charge on any atom is -0.444 e. The quantitative estimate of drug-likeness (QED) is 0.859. The number of imidazole rings is 1. The molecule has 23 heavy (non-hydrogen) atoms. The maximum absolute atomic E-state index is 11.8.